The molecule has 0 atom stereocenters. The van der Waals surface area contributed by atoms with Crippen LogP contribution >= 0.6 is 15.9 Å². The summed E-state index contributed by atoms with van der Waals surface area (Å²) in [7, 11) is 1.78. The maximum absolute atomic E-state index is 12.3. The van der Waals surface area contributed by atoms with Crippen molar-refractivity contribution in [1.82, 2.24) is 9.78 Å². The lowest BCUT2D eigenvalue weighted by Crippen LogP contribution is -2.13. The number of carbonyl (C=O) groups excluding carboxylic acids is 1. The number of benzene rings is 2. The zero-order valence-corrected chi connectivity index (χ0v) is 12.4. The van der Waals surface area contributed by atoms with Gasteiger partial charge in [-0.25, -0.2) is 0 Å². The summed E-state index contributed by atoms with van der Waals surface area (Å²) >= 11 is 3.34. The van der Waals surface area contributed by atoms with Crippen molar-refractivity contribution < 1.29 is 4.79 Å². The molecule has 0 saturated heterocycles. The van der Waals surface area contributed by atoms with E-state index in [2.05, 4.69) is 26.3 Å². The van der Waals surface area contributed by atoms with Crippen LogP contribution < -0.4 is 5.32 Å². The minimum absolute atomic E-state index is 0.228. The van der Waals surface area contributed by atoms with Crippen molar-refractivity contribution in [3.8, 4) is 0 Å². The highest BCUT2D eigenvalue weighted by molar-refractivity contribution is 9.10. The fraction of sp³-hybridized carbons (Fsp3) is 0.0667. The highest BCUT2D eigenvalue weighted by Gasteiger charge is 2.15. The monoisotopic (exact) mass is 329 g/mol. The number of anilines is 1. The first-order valence-electron chi connectivity index (χ1n) is 6.13. The van der Waals surface area contributed by atoms with Crippen molar-refractivity contribution in [2.24, 2.45) is 7.05 Å². The molecule has 5 heteroatoms. The van der Waals surface area contributed by atoms with E-state index in [1.165, 1.54) is 0 Å². The second-order valence-corrected chi connectivity index (χ2v) is 5.33. The average Bonchev–Trinajstić information content (AvgIpc) is 2.78. The van der Waals surface area contributed by atoms with Crippen molar-refractivity contribution >= 4 is 38.3 Å². The smallest absolute Gasteiger partial charge is 0.277 e. The van der Waals surface area contributed by atoms with E-state index in [4.69, 9.17) is 0 Å². The van der Waals surface area contributed by atoms with E-state index in [9.17, 15) is 4.79 Å². The van der Waals surface area contributed by atoms with Crippen LogP contribution in [-0.4, -0.2) is 15.7 Å². The molecule has 1 N–H and O–H groups in total. The number of hydrogen-bond donors (Lipinski definition) is 1. The second-order valence-electron chi connectivity index (χ2n) is 4.48. The fourth-order valence-electron chi connectivity index (χ4n) is 2.13. The lowest BCUT2D eigenvalue weighted by atomic mass is 10.1. The van der Waals surface area contributed by atoms with Crippen LogP contribution in [0, 0.1) is 0 Å². The standard InChI is InChI=1S/C15H12BrN3O/c1-19-9-12(16)14(18-19)15(20)17-13-8-4-6-10-5-2-3-7-11(10)13/h2-9H,1H3,(H,17,20). The number of amides is 1. The molecule has 0 radical (unpaired) electrons. The molecule has 1 aromatic heterocycles. The molecule has 2 aromatic carbocycles. The van der Waals surface area contributed by atoms with Crippen molar-refractivity contribution in [2.75, 3.05) is 5.32 Å². The second kappa shape index (κ2) is 5.09. The van der Waals surface area contributed by atoms with Crippen molar-refractivity contribution in [3.63, 3.8) is 0 Å². The normalized spacial score (nSPS) is 10.7. The predicted octanol–water partition coefficient (Wildman–Crippen LogP) is 3.59. The molecule has 4 nitrogen and oxygen atoms in total. The lowest BCUT2D eigenvalue weighted by Gasteiger charge is -2.07. The van der Waals surface area contributed by atoms with Gasteiger partial charge in [-0.2, -0.15) is 5.10 Å². The summed E-state index contributed by atoms with van der Waals surface area (Å²) in [4.78, 5) is 12.3. The van der Waals surface area contributed by atoms with E-state index in [0.29, 0.717) is 10.2 Å². The van der Waals surface area contributed by atoms with Crippen molar-refractivity contribution in [2.45, 2.75) is 0 Å². The van der Waals surface area contributed by atoms with Crippen LogP contribution in [-0.2, 0) is 7.05 Å². The number of nitrogens with one attached hydrogen (secondary N) is 1. The van der Waals surface area contributed by atoms with Crippen LogP contribution in [0.1, 0.15) is 10.5 Å². The van der Waals surface area contributed by atoms with E-state index in [-0.39, 0.29) is 5.91 Å². The Morgan fingerprint density at radius 2 is 1.95 bits per heavy atom. The minimum atomic E-state index is -0.228. The van der Waals surface area contributed by atoms with Gasteiger partial charge in [-0.05, 0) is 27.4 Å². The number of carbonyl (C=O) groups is 1. The molecule has 0 aliphatic rings. The van der Waals surface area contributed by atoms with Crippen LogP contribution in [0.4, 0.5) is 5.69 Å². The molecule has 0 fully saturated rings. The largest absolute Gasteiger partial charge is 0.320 e. The first-order chi connectivity index (χ1) is 9.65. The molecule has 0 bridgehead atoms. The molecular formula is C15H12BrN3O. The number of nitrogens with zero attached hydrogens (tertiary/aromatic N) is 2. The summed E-state index contributed by atoms with van der Waals surface area (Å²) in [5.74, 6) is -0.228. The first-order valence-corrected chi connectivity index (χ1v) is 6.93. The van der Waals surface area contributed by atoms with Crippen LogP contribution in [0.3, 0.4) is 0 Å². The van der Waals surface area contributed by atoms with Gasteiger partial charge in [-0.15, -0.1) is 0 Å². The van der Waals surface area contributed by atoms with E-state index < -0.39 is 0 Å². The van der Waals surface area contributed by atoms with Gasteiger partial charge < -0.3 is 5.32 Å². The van der Waals surface area contributed by atoms with Crippen molar-refractivity contribution in [1.29, 1.82) is 0 Å². The summed E-state index contributed by atoms with van der Waals surface area (Å²) in [6, 6.07) is 13.8. The average molecular weight is 330 g/mol. The molecule has 1 heterocycles. The van der Waals surface area contributed by atoms with Crippen LogP contribution in [0.2, 0.25) is 0 Å². The minimum Gasteiger partial charge on any atom is -0.320 e. The van der Waals surface area contributed by atoms with E-state index in [1.54, 1.807) is 17.9 Å². The molecule has 20 heavy (non-hydrogen) atoms. The third kappa shape index (κ3) is 2.32. The molecule has 0 unspecified atom stereocenters. The van der Waals surface area contributed by atoms with Gasteiger partial charge in [0, 0.05) is 24.3 Å². The summed E-state index contributed by atoms with van der Waals surface area (Å²) in [6.45, 7) is 0. The fourth-order valence-corrected chi connectivity index (χ4v) is 2.69. The van der Waals surface area contributed by atoms with Gasteiger partial charge in [0.1, 0.15) is 0 Å². The number of aryl methyl sites for hydroxylation is 1. The Morgan fingerprint density at radius 1 is 1.20 bits per heavy atom. The molecule has 0 saturated carbocycles. The lowest BCUT2D eigenvalue weighted by molar-refractivity contribution is 0.102. The molecule has 1 amide bonds. The zero-order valence-electron chi connectivity index (χ0n) is 10.8. The Hall–Kier alpha value is -2.14. The predicted molar refractivity (Wildman–Crippen MR) is 82.8 cm³/mol. The third-order valence-corrected chi connectivity index (χ3v) is 3.62. The zero-order chi connectivity index (χ0) is 14.1. The Balaban J connectivity index is 1.97. The summed E-state index contributed by atoms with van der Waals surface area (Å²) in [5, 5.41) is 9.15. The molecular weight excluding hydrogens is 318 g/mol. The van der Waals surface area contributed by atoms with Gasteiger partial charge in [0.05, 0.1) is 4.47 Å². The van der Waals surface area contributed by atoms with Gasteiger partial charge in [0.2, 0.25) is 0 Å². The first kappa shape index (κ1) is 12.9. The SMILES string of the molecule is Cn1cc(Br)c(C(=O)Nc2cccc3ccccc23)n1. The maximum atomic E-state index is 12.3. The number of hydrogen-bond acceptors (Lipinski definition) is 2. The molecule has 3 rings (SSSR count). The van der Waals surface area contributed by atoms with Gasteiger partial charge in [-0.3, -0.25) is 9.48 Å². The quantitative estimate of drug-likeness (QED) is 0.781. The molecule has 0 aliphatic carbocycles. The van der Waals surface area contributed by atoms with Gasteiger partial charge in [0.25, 0.3) is 5.91 Å². The maximum Gasteiger partial charge on any atom is 0.277 e. The van der Waals surface area contributed by atoms with Crippen LogP contribution in [0.5, 0.6) is 0 Å². The molecule has 100 valence electrons. The van der Waals surface area contributed by atoms with E-state index in [1.807, 2.05) is 42.5 Å². The van der Waals surface area contributed by atoms with E-state index >= 15 is 0 Å². The molecule has 3 aromatic rings. The number of aromatic nitrogens is 2. The summed E-state index contributed by atoms with van der Waals surface area (Å²) in [6.07, 6.45) is 1.75. The Labute approximate surface area is 124 Å². The summed E-state index contributed by atoms with van der Waals surface area (Å²) in [5.41, 5.74) is 1.16. The van der Waals surface area contributed by atoms with E-state index in [0.717, 1.165) is 16.5 Å². The van der Waals surface area contributed by atoms with Gasteiger partial charge in [0.15, 0.2) is 5.69 Å². The highest BCUT2D eigenvalue weighted by atomic mass is 79.9. The highest BCUT2D eigenvalue weighted by Crippen LogP contribution is 2.24. The summed E-state index contributed by atoms with van der Waals surface area (Å²) < 4.78 is 2.28. The van der Waals surface area contributed by atoms with Crippen LogP contribution in [0.15, 0.2) is 53.1 Å². The molecule has 0 aliphatic heterocycles. The van der Waals surface area contributed by atoms with Crippen LogP contribution in [0.25, 0.3) is 10.8 Å². The van der Waals surface area contributed by atoms with Crippen molar-refractivity contribution in [3.05, 3.63) is 58.8 Å². The van der Waals surface area contributed by atoms with Gasteiger partial charge >= 0.3 is 0 Å². The Kier molecular flexibility index (Phi) is 3.28. The van der Waals surface area contributed by atoms with Gasteiger partial charge in [-0.1, -0.05) is 36.4 Å². The molecule has 0 spiro atoms. The topological polar surface area (TPSA) is 46.9 Å². The number of fused-ring (bicyclic) bond motifs is 1. The number of halogens is 1. The number of rotatable bonds is 2. The Bertz CT molecular complexity index is 789. The Morgan fingerprint density at radius 3 is 2.70 bits per heavy atom. The third-order valence-electron chi connectivity index (χ3n) is 3.04.